The Morgan fingerprint density at radius 1 is 1.53 bits per heavy atom. The Morgan fingerprint density at radius 2 is 2.21 bits per heavy atom. The van der Waals surface area contributed by atoms with Crippen LogP contribution in [0.2, 0.25) is 0 Å². The van der Waals surface area contributed by atoms with Crippen LogP contribution in [-0.2, 0) is 4.79 Å². The maximum atomic E-state index is 12.5. The van der Waals surface area contributed by atoms with E-state index in [1.54, 1.807) is 4.90 Å². The maximum Gasteiger partial charge on any atom is 0.230 e. The minimum absolute atomic E-state index is 0. The van der Waals surface area contributed by atoms with Gasteiger partial charge in [-0.25, -0.2) is 0 Å². The van der Waals surface area contributed by atoms with Crippen molar-refractivity contribution < 1.29 is 9.53 Å². The fourth-order valence-corrected chi connectivity index (χ4v) is 2.22. The second-order valence-corrected chi connectivity index (χ2v) is 4.76. The quantitative estimate of drug-likeness (QED) is 0.920. The molecular formula is C14H21ClN2O2. The number of nitrogens with zero attached hydrogens (tertiary/aromatic N) is 1. The van der Waals surface area contributed by atoms with Crippen molar-refractivity contribution in [3.63, 3.8) is 0 Å². The molecular weight excluding hydrogens is 264 g/mol. The number of carbonyl (C=O) groups excluding carboxylic acids is 1. The van der Waals surface area contributed by atoms with Crippen LogP contribution in [0, 0.1) is 0 Å². The average Bonchev–Trinajstić information content (AvgIpc) is 2.44. The molecule has 2 unspecified atom stereocenters. The van der Waals surface area contributed by atoms with E-state index in [1.165, 1.54) is 0 Å². The lowest BCUT2D eigenvalue weighted by Crippen LogP contribution is -2.43. The molecule has 2 N–H and O–H groups in total. The first-order valence-corrected chi connectivity index (χ1v) is 6.33. The molecule has 0 aromatic heterocycles. The average molecular weight is 285 g/mol. The highest BCUT2D eigenvalue weighted by Gasteiger charge is 2.30. The molecule has 1 aliphatic heterocycles. The lowest BCUT2D eigenvalue weighted by molar-refractivity contribution is -0.133. The van der Waals surface area contributed by atoms with E-state index in [2.05, 4.69) is 0 Å². The lowest BCUT2D eigenvalue weighted by atomic mass is 9.91. The number of ether oxygens (including phenoxy) is 1. The van der Waals surface area contributed by atoms with Crippen LogP contribution in [0.25, 0.3) is 0 Å². The summed E-state index contributed by atoms with van der Waals surface area (Å²) >= 11 is 0. The molecule has 0 fully saturated rings. The topological polar surface area (TPSA) is 55.6 Å². The van der Waals surface area contributed by atoms with Crippen molar-refractivity contribution in [1.29, 1.82) is 0 Å². The molecule has 1 aromatic carbocycles. The normalized spacial score (nSPS) is 18.6. The zero-order valence-corrected chi connectivity index (χ0v) is 12.2. The van der Waals surface area contributed by atoms with Gasteiger partial charge >= 0.3 is 0 Å². The molecule has 106 valence electrons. The van der Waals surface area contributed by atoms with Crippen molar-refractivity contribution in [2.24, 2.45) is 5.73 Å². The second-order valence-electron chi connectivity index (χ2n) is 4.76. The molecule has 1 heterocycles. The number of likely N-dealkylation sites (N-methyl/N-ethyl adjacent to an activating group) is 1. The summed E-state index contributed by atoms with van der Waals surface area (Å²) in [5.74, 6) is 0.855. The molecule has 0 radical (unpaired) electrons. The summed E-state index contributed by atoms with van der Waals surface area (Å²) in [6.45, 7) is 3.04. The Bertz CT molecular complexity index is 439. The Balaban J connectivity index is 0.00000180. The summed E-state index contributed by atoms with van der Waals surface area (Å²) in [5.41, 5.74) is 6.61. The first-order chi connectivity index (χ1) is 8.65. The van der Waals surface area contributed by atoms with Crippen LogP contribution < -0.4 is 10.5 Å². The van der Waals surface area contributed by atoms with Crippen LogP contribution in [0.5, 0.6) is 5.75 Å². The number of rotatable bonds is 3. The fraction of sp³-hybridized carbons (Fsp3) is 0.500. The summed E-state index contributed by atoms with van der Waals surface area (Å²) in [4.78, 5) is 14.2. The fourth-order valence-electron chi connectivity index (χ4n) is 2.22. The smallest absolute Gasteiger partial charge is 0.230 e. The van der Waals surface area contributed by atoms with Gasteiger partial charge in [0.05, 0.1) is 12.5 Å². The van der Waals surface area contributed by atoms with Crippen molar-refractivity contribution in [1.82, 2.24) is 4.90 Å². The molecule has 5 heteroatoms. The number of fused-ring (bicyclic) bond motifs is 1. The Hall–Kier alpha value is -1.26. The van der Waals surface area contributed by atoms with Crippen molar-refractivity contribution in [3.05, 3.63) is 29.8 Å². The molecule has 2 atom stereocenters. The zero-order chi connectivity index (χ0) is 13.1. The minimum atomic E-state index is -0.103. The van der Waals surface area contributed by atoms with Gasteiger partial charge in [0.25, 0.3) is 0 Å². The monoisotopic (exact) mass is 284 g/mol. The second kappa shape index (κ2) is 6.78. The first kappa shape index (κ1) is 15.8. The molecule has 0 saturated heterocycles. The molecule has 0 bridgehead atoms. The van der Waals surface area contributed by atoms with Gasteiger partial charge in [-0.15, -0.1) is 12.4 Å². The number of nitrogens with two attached hydrogens (primary N) is 1. The largest absolute Gasteiger partial charge is 0.493 e. The van der Waals surface area contributed by atoms with Gasteiger partial charge in [0.1, 0.15) is 5.75 Å². The number of amides is 1. The lowest BCUT2D eigenvalue weighted by Gasteiger charge is -2.31. The van der Waals surface area contributed by atoms with E-state index in [0.29, 0.717) is 13.2 Å². The van der Waals surface area contributed by atoms with Crippen molar-refractivity contribution in [2.45, 2.75) is 25.3 Å². The highest BCUT2D eigenvalue weighted by atomic mass is 35.5. The Morgan fingerprint density at radius 3 is 2.89 bits per heavy atom. The van der Waals surface area contributed by atoms with E-state index in [4.69, 9.17) is 10.5 Å². The summed E-state index contributed by atoms with van der Waals surface area (Å²) in [6, 6.07) is 7.82. The number of halogens is 1. The van der Waals surface area contributed by atoms with Crippen LogP contribution >= 0.6 is 12.4 Å². The molecule has 2 rings (SSSR count). The van der Waals surface area contributed by atoms with Crippen molar-refractivity contribution in [2.75, 3.05) is 20.2 Å². The van der Waals surface area contributed by atoms with Gasteiger partial charge in [-0.05, 0) is 19.4 Å². The standard InChI is InChI=1S/C14H20N2O2.ClH/c1-10(9-15)16(2)14(17)12-7-8-18-13-6-4-3-5-11(12)13;/h3-6,10,12H,7-9,15H2,1-2H3;1H. The number of benzene rings is 1. The van der Waals surface area contributed by atoms with Gasteiger partial charge in [0.2, 0.25) is 5.91 Å². The predicted molar refractivity (Wildman–Crippen MR) is 77.8 cm³/mol. The van der Waals surface area contributed by atoms with Crippen LogP contribution in [0.1, 0.15) is 24.8 Å². The van der Waals surface area contributed by atoms with E-state index in [9.17, 15) is 4.79 Å². The highest BCUT2D eigenvalue weighted by Crippen LogP contribution is 2.34. The maximum absolute atomic E-state index is 12.5. The molecule has 4 nitrogen and oxygen atoms in total. The van der Waals surface area contributed by atoms with E-state index >= 15 is 0 Å². The number of hydrogen-bond acceptors (Lipinski definition) is 3. The van der Waals surface area contributed by atoms with Crippen LogP contribution in [0.4, 0.5) is 0 Å². The molecule has 0 spiro atoms. The first-order valence-electron chi connectivity index (χ1n) is 6.33. The molecule has 0 aliphatic carbocycles. The third-order valence-corrected chi connectivity index (χ3v) is 3.61. The van der Waals surface area contributed by atoms with Gasteiger partial charge in [-0.1, -0.05) is 18.2 Å². The summed E-state index contributed by atoms with van der Waals surface area (Å²) in [6.07, 6.45) is 0.734. The van der Waals surface area contributed by atoms with Crippen molar-refractivity contribution in [3.8, 4) is 5.75 Å². The Kier molecular flexibility index (Phi) is 5.63. The van der Waals surface area contributed by atoms with Crippen LogP contribution in [0.15, 0.2) is 24.3 Å². The third kappa shape index (κ3) is 3.19. The Labute approximate surface area is 120 Å². The van der Waals surface area contributed by atoms with Gasteiger partial charge < -0.3 is 15.4 Å². The molecule has 1 aliphatic rings. The van der Waals surface area contributed by atoms with Gasteiger partial charge in [-0.3, -0.25) is 4.79 Å². The molecule has 1 amide bonds. The summed E-state index contributed by atoms with van der Waals surface area (Å²) < 4.78 is 5.57. The molecule has 19 heavy (non-hydrogen) atoms. The van der Waals surface area contributed by atoms with Crippen LogP contribution in [0.3, 0.4) is 0 Å². The van der Waals surface area contributed by atoms with Crippen molar-refractivity contribution >= 4 is 18.3 Å². The van der Waals surface area contributed by atoms with Gasteiger partial charge in [0.15, 0.2) is 0 Å². The van der Waals surface area contributed by atoms with E-state index < -0.39 is 0 Å². The summed E-state index contributed by atoms with van der Waals surface area (Å²) in [7, 11) is 1.82. The predicted octanol–water partition coefficient (Wildman–Crippen LogP) is 1.78. The van der Waals surface area contributed by atoms with Gasteiger partial charge in [-0.2, -0.15) is 0 Å². The van der Waals surface area contributed by atoms with E-state index in [-0.39, 0.29) is 30.3 Å². The SMILES string of the molecule is CC(CN)N(C)C(=O)C1CCOc2ccccc21.Cl. The molecule has 1 aromatic rings. The summed E-state index contributed by atoms with van der Waals surface area (Å²) in [5, 5.41) is 0. The van der Waals surface area contributed by atoms with E-state index in [0.717, 1.165) is 17.7 Å². The highest BCUT2D eigenvalue weighted by molar-refractivity contribution is 5.85. The minimum Gasteiger partial charge on any atom is -0.493 e. The number of hydrogen-bond donors (Lipinski definition) is 1. The number of para-hydroxylation sites is 1. The van der Waals surface area contributed by atoms with Crippen LogP contribution in [-0.4, -0.2) is 37.0 Å². The molecule has 0 saturated carbocycles. The zero-order valence-electron chi connectivity index (χ0n) is 11.3. The third-order valence-electron chi connectivity index (χ3n) is 3.61. The number of carbonyl (C=O) groups is 1. The van der Waals surface area contributed by atoms with Gasteiger partial charge in [0, 0.05) is 25.2 Å². The van der Waals surface area contributed by atoms with E-state index in [1.807, 2.05) is 38.2 Å².